The van der Waals surface area contributed by atoms with Crippen LogP contribution in [0.15, 0.2) is 49.1 Å². The first kappa shape index (κ1) is 17.3. The monoisotopic (exact) mass is 379 g/mol. The summed E-state index contributed by atoms with van der Waals surface area (Å²) in [5.41, 5.74) is 5.17. The van der Waals surface area contributed by atoms with E-state index in [0.29, 0.717) is 5.02 Å². The van der Waals surface area contributed by atoms with Crippen molar-refractivity contribution in [1.29, 1.82) is 0 Å². The van der Waals surface area contributed by atoms with E-state index < -0.39 is 0 Å². The van der Waals surface area contributed by atoms with Crippen LogP contribution in [0, 0.1) is 0 Å². The van der Waals surface area contributed by atoms with Crippen LogP contribution < -0.4 is 5.32 Å². The summed E-state index contributed by atoms with van der Waals surface area (Å²) in [5.74, 6) is 0. The summed E-state index contributed by atoms with van der Waals surface area (Å²) in [6, 6.07) is 9.43. The van der Waals surface area contributed by atoms with E-state index in [1.54, 1.807) is 17.8 Å². The van der Waals surface area contributed by atoms with Crippen LogP contribution in [0.3, 0.4) is 0 Å². The SMILES string of the molecule is CCc1ccc(Cl)cc1-c1cc(-c2ncnc3[nH]ccc23)cn1C(=O)NC. The zero-order valence-corrected chi connectivity index (χ0v) is 15.7. The molecule has 6 nitrogen and oxygen atoms in total. The Morgan fingerprint density at radius 3 is 2.89 bits per heavy atom. The Morgan fingerprint density at radius 2 is 2.11 bits per heavy atom. The number of aromatic amines is 1. The molecule has 3 aromatic heterocycles. The van der Waals surface area contributed by atoms with Crippen molar-refractivity contribution < 1.29 is 4.79 Å². The number of amides is 1. The summed E-state index contributed by atoms with van der Waals surface area (Å²) in [6.07, 6.45) is 5.97. The van der Waals surface area contributed by atoms with Crippen molar-refractivity contribution >= 4 is 28.7 Å². The summed E-state index contributed by atoms with van der Waals surface area (Å²) in [4.78, 5) is 24.3. The molecule has 1 aromatic carbocycles. The molecule has 27 heavy (non-hydrogen) atoms. The molecule has 0 atom stereocenters. The summed E-state index contributed by atoms with van der Waals surface area (Å²) >= 11 is 6.24. The lowest BCUT2D eigenvalue weighted by atomic mass is 10.0. The van der Waals surface area contributed by atoms with Crippen molar-refractivity contribution in [3.63, 3.8) is 0 Å². The molecule has 0 aliphatic rings. The van der Waals surface area contributed by atoms with Gasteiger partial charge in [-0.3, -0.25) is 4.57 Å². The lowest BCUT2D eigenvalue weighted by molar-refractivity contribution is 0.245. The van der Waals surface area contributed by atoms with Gasteiger partial charge in [0.15, 0.2) is 0 Å². The first-order chi connectivity index (χ1) is 13.1. The lowest BCUT2D eigenvalue weighted by Crippen LogP contribution is -2.24. The number of halogens is 1. The van der Waals surface area contributed by atoms with Gasteiger partial charge in [-0.05, 0) is 36.2 Å². The molecule has 0 saturated heterocycles. The predicted octanol–water partition coefficient (Wildman–Crippen LogP) is 4.50. The molecule has 0 saturated carbocycles. The molecule has 0 fully saturated rings. The minimum absolute atomic E-state index is 0.224. The van der Waals surface area contributed by atoms with Gasteiger partial charge in [0.1, 0.15) is 12.0 Å². The van der Waals surface area contributed by atoms with E-state index in [-0.39, 0.29) is 6.03 Å². The first-order valence-corrected chi connectivity index (χ1v) is 9.02. The van der Waals surface area contributed by atoms with Gasteiger partial charge in [0, 0.05) is 41.0 Å². The molecule has 7 heteroatoms. The van der Waals surface area contributed by atoms with Crippen molar-refractivity contribution in [1.82, 2.24) is 24.8 Å². The molecule has 0 aliphatic heterocycles. The van der Waals surface area contributed by atoms with E-state index in [1.807, 2.05) is 36.5 Å². The van der Waals surface area contributed by atoms with Gasteiger partial charge in [-0.2, -0.15) is 0 Å². The number of carbonyl (C=O) groups excluding carboxylic acids is 1. The maximum Gasteiger partial charge on any atom is 0.325 e. The lowest BCUT2D eigenvalue weighted by Gasteiger charge is -2.11. The molecule has 0 bridgehead atoms. The van der Waals surface area contributed by atoms with Crippen molar-refractivity contribution in [2.75, 3.05) is 7.05 Å². The smallest absolute Gasteiger partial charge is 0.325 e. The summed E-state index contributed by atoms with van der Waals surface area (Å²) < 4.78 is 1.60. The third-order valence-corrected chi connectivity index (χ3v) is 4.84. The second kappa shape index (κ2) is 6.89. The highest BCUT2D eigenvalue weighted by Crippen LogP contribution is 2.34. The molecule has 136 valence electrons. The Balaban J connectivity index is 1.97. The van der Waals surface area contributed by atoms with Gasteiger partial charge in [-0.1, -0.05) is 24.6 Å². The number of nitrogens with one attached hydrogen (secondary N) is 2. The number of H-pyrrole nitrogens is 1. The molecule has 1 amide bonds. The Hall–Kier alpha value is -3.12. The van der Waals surface area contributed by atoms with Crippen LogP contribution in [0.2, 0.25) is 5.02 Å². The fourth-order valence-corrected chi connectivity index (χ4v) is 3.46. The Morgan fingerprint density at radius 1 is 1.26 bits per heavy atom. The fourth-order valence-electron chi connectivity index (χ4n) is 3.29. The van der Waals surface area contributed by atoms with Crippen LogP contribution in [0.4, 0.5) is 4.79 Å². The van der Waals surface area contributed by atoms with Crippen molar-refractivity contribution in [2.45, 2.75) is 13.3 Å². The van der Waals surface area contributed by atoms with Gasteiger partial charge < -0.3 is 10.3 Å². The molecule has 4 rings (SSSR count). The maximum absolute atomic E-state index is 12.5. The minimum atomic E-state index is -0.224. The maximum atomic E-state index is 12.5. The first-order valence-electron chi connectivity index (χ1n) is 8.64. The molecule has 4 aromatic rings. The van der Waals surface area contributed by atoms with Crippen LogP contribution in [-0.2, 0) is 6.42 Å². The number of carbonyl (C=O) groups is 1. The number of nitrogens with zero attached hydrogens (tertiary/aromatic N) is 3. The number of fused-ring (bicyclic) bond motifs is 1. The number of hydrogen-bond acceptors (Lipinski definition) is 3. The van der Waals surface area contributed by atoms with Crippen molar-refractivity contribution in [2.24, 2.45) is 0 Å². The third-order valence-electron chi connectivity index (χ3n) is 4.61. The molecule has 0 unspecified atom stereocenters. The van der Waals surface area contributed by atoms with Gasteiger partial charge in [0.25, 0.3) is 0 Å². The molecule has 0 radical (unpaired) electrons. The van der Waals surface area contributed by atoms with E-state index in [1.165, 1.54) is 6.33 Å². The largest absolute Gasteiger partial charge is 0.346 e. The van der Waals surface area contributed by atoms with Crippen LogP contribution in [0.5, 0.6) is 0 Å². The summed E-state index contributed by atoms with van der Waals surface area (Å²) in [5, 5.41) is 4.22. The van der Waals surface area contributed by atoms with Crippen LogP contribution in [0.1, 0.15) is 12.5 Å². The predicted molar refractivity (Wildman–Crippen MR) is 107 cm³/mol. The second-order valence-electron chi connectivity index (χ2n) is 6.16. The van der Waals surface area contributed by atoms with Gasteiger partial charge in [0.05, 0.1) is 11.4 Å². The third kappa shape index (κ3) is 2.98. The Kier molecular flexibility index (Phi) is 4.41. The van der Waals surface area contributed by atoms with Gasteiger partial charge in [-0.15, -0.1) is 0 Å². The Labute approximate surface area is 161 Å². The number of aromatic nitrogens is 4. The van der Waals surface area contributed by atoms with Gasteiger partial charge >= 0.3 is 6.03 Å². The zero-order chi connectivity index (χ0) is 19.0. The highest BCUT2D eigenvalue weighted by atomic mass is 35.5. The minimum Gasteiger partial charge on any atom is -0.346 e. The highest BCUT2D eigenvalue weighted by molar-refractivity contribution is 6.30. The second-order valence-corrected chi connectivity index (χ2v) is 6.59. The topological polar surface area (TPSA) is 75.6 Å². The average molecular weight is 380 g/mol. The van der Waals surface area contributed by atoms with Crippen molar-refractivity contribution in [3.8, 4) is 22.5 Å². The number of rotatable bonds is 3. The van der Waals surface area contributed by atoms with E-state index >= 15 is 0 Å². The summed E-state index contributed by atoms with van der Waals surface area (Å²) in [6.45, 7) is 2.08. The van der Waals surface area contributed by atoms with E-state index in [4.69, 9.17) is 11.6 Å². The fraction of sp³-hybridized carbons (Fsp3) is 0.150. The Bertz CT molecular complexity index is 1140. The number of hydrogen-bond donors (Lipinski definition) is 2. The molecular weight excluding hydrogens is 362 g/mol. The molecule has 0 spiro atoms. The van der Waals surface area contributed by atoms with Gasteiger partial charge in [0.2, 0.25) is 0 Å². The molecule has 3 heterocycles. The highest BCUT2D eigenvalue weighted by Gasteiger charge is 2.18. The number of aryl methyl sites for hydroxylation is 1. The van der Waals surface area contributed by atoms with Crippen LogP contribution >= 0.6 is 11.6 Å². The quantitative estimate of drug-likeness (QED) is 0.550. The molecular formula is C20H18ClN5O. The summed E-state index contributed by atoms with van der Waals surface area (Å²) in [7, 11) is 1.61. The van der Waals surface area contributed by atoms with Crippen LogP contribution in [0.25, 0.3) is 33.5 Å². The average Bonchev–Trinajstić information content (AvgIpc) is 3.34. The molecule has 0 aliphatic carbocycles. The van der Waals surface area contributed by atoms with Gasteiger partial charge in [-0.25, -0.2) is 14.8 Å². The normalized spacial score (nSPS) is 11.1. The standard InChI is InChI=1S/C20H18ClN5O/c1-3-12-4-5-14(21)9-16(12)17-8-13(10-26(17)20(27)22-2)18-15-6-7-23-19(15)25-11-24-18/h4-11H,3H2,1-2H3,(H,22,27)(H,23,24,25). The number of benzene rings is 1. The molecule has 2 N–H and O–H groups in total. The van der Waals surface area contributed by atoms with E-state index in [0.717, 1.165) is 45.5 Å². The zero-order valence-electron chi connectivity index (χ0n) is 15.0. The van der Waals surface area contributed by atoms with E-state index in [9.17, 15) is 4.79 Å². The van der Waals surface area contributed by atoms with Crippen molar-refractivity contribution in [3.05, 3.63) is 59.6 Å². The van der Waals surface area contributed by atoms with Crippen LogP contribution in [-0.4, -0.2) is 32.6 Å². The van der Waals surface area contributed by atoms with E-state index in [2.05, 4.69) is 27.2 Å².